The van der Waals surface area contributed by atoms with Crippen LogP contribution in [-0.2, 0) is 16.0 Å². The first-order valence-corrected chi connectivity index (χ1v) is 5.59. The standard InChI is InChI=1S/C13H18O3/c1-3-13(15)16-10(2)4-5-11-6-8-12(14)9-7-11/h6-10,14H,3-5H2,1-2H3. The molecule has 3 heteroatoms. The number of aryl methyl sites for hydroxylation is 1. The molecule has 1 aromatic carbocycles. The first-order chi connectivity index (χ1) is 7.61. The Kier molecular flexibility index (Phi) is 4.83. The fraction of sp³-hybridized carbons (Fsp3) is 0.462. The molecule has 0 radical (unpaired) electrons. The van der Waals surface area contributed by atoms with Crippen LogP contribution in [0.1, 0.15) is 32.3 Å². The monoisotopic (exact) mass is 222 g/mol. The lowest BCUT2D eigenvalue weighted by Crippen LogP contribution is -2.14. The van der Waals surface area contributed by atoms with Gasteiger partial charge in [0.2, 0.25) is 0 Å². The van der Waals surface area contributed by atoms with Gasteiger partial charge in [0.1, 0.15) is 5.75 Å². The van der Waals surface area contributed by atoms with Crippen molar-refractivity contribution in [2.75, 3.05) is 0 Å². The Morgan fingerprint density at radius 3 is 2.56 bits per heavy atom. The molecule has 0 fully saturated rings. The van der Waals surface area contributed by atoms with E-state index in [9.17, 15) is 4.79 Å². The number of hydrogen-bond donors (Lipinski definition) is 1. The SMILES string of the molecule is CCC(=O)OC(C)CCc1ccc(O)cc1. The zero-order valence-corrected chi connectivity index (χ0v) is 9.77. The van der Waals surface area contributed by atoms with Crippen LogP contribution in [0.15, 0.2) is 24.3 Å². The van der Waals surface area contributed by atoms with Crippen molar-refractivity contribution in [3.05, 3.63) is 29.8 Å². The fourth-order valence-electron chi connectivity index (χ4n) is 1.40. The molecule has 0 aliphatic rings. The van der Waals surface area contributed by atoms with Crippen molar-refractivity contribution >= 4 is 5.97 Å². The molecule has 0 bridgehead atoms. The van der Waals surface area contributed by atoms with Gasteiger partial charge < -0.3 is 9.84 Å². The highest BCUT2D eigenvalue weighted by Gasteiger charge is 2.07. The Hall–Kier alpha value is -1.51. The van der Waals surface area contributed by atoms with Gasteiger partial charge in [-0.05, 0) is 37.5 Å². The summed E-state index contributed by atoms with van der Waals surface area (Å²) >= 11 is 0. The lowest BCUT2D eigenvalue weighted by atomic mass is 10.1. The van der Waals surface area contributed by atoms with Gasteiger partial charge in [-0.25, -0.2) is 0 Å². The minimum absolute atomic E-state index is 0.0544. The molecular formula is C13H18O3. The molecule has 0 aliphatic heterocycles. The topological polar surface area (TPSA) is 46.5 Å². The third-order valence-electron chi connectivity index (χ3n) is 2.40. The second-order valence-electron chi connectivity index (χ2n) is 3.86. The van der Waals surface area contributed by atoms with Crippen molar-refractivity contribution in [2.24, 2.45) is 0 Å². The summed E-state index contributed by atoms with van der Waals surface area (Å²) in [5.41, 5.74) is 1.14. The van der Waals surface area contributed by atoms with Crippen molar-refractivity contribution in [1.29, 1.82) is 0 Å². The average molecular weight is 222 g/mol. The third kappa shape index (κ3) is 4.34. The van der Waals surface area contributed by atoms with Gasteiger partial charge in [-0.1, -0.05) is 19.1 Å². The summed E-state index contributed by atoms with van der Waals surface area (Å²) in [5.74, 6) is 0.118. The number of esters is 1. The number of phenols is 1. The first kappa shape index (κ1) is 12.6. The second-order valence-corrected chi connectivity index (χ2v) is 3.86. The predicted octanol–water partition coefficient (Wildman–Crippen LogP) is 2.67. The Bertz CT molecular complexity index is 330. The lowest BCUT2D eigenvalue weighted by molar-refractivity contribution is -0.148. The fourth-order valence-corrected chi connectivity index (χ4v) is 1.40. The molecule has 1 N–H and O–H groups in total. The summed E-state index contributed by atoms with van der Waals surface area (Å²) in [6.45, 7) is 3.68. The van der Waals surface area contributed by atoms with Crippen LogP contribution in [0.4, 0.5) is 0 Å². The molecule has 0 amide bonds. The van der Waals surface area contributed by atoms with Gasteiger partial charge in [0.25, 0.3) is 0 Å². The van der Waals surface area contributed by atoms with Gasteiger partial charge in [-0.3, -0.25) is 4.79 Å². The maximum absolute atomic E-state index is 11.0. The summed E-state index contributed by atoms with van der Waals surface area (Å²) in [4.78, 5) is 11.0. The molecule has 0 saturated carbocycles. The van der Waals surface area contributed by atoms with Crippen LogP contribution in [0.25, 0.3) is 0 Å². The average Bonchev–Trinajstić information content (AvgIpc) is 2.28. The van der Waals surface area contributed by atoms with E-state index in [2.05, 4.69) is 0 Å². The molecule has 1 atom stereocenters. The number of benzene rings is 1. The van der Waals surface area contributed by atoms with Crippen molar-refractivity contribution in [3.8, 4) is 5.75 Å². The molecule has 0 aliphatic carbocycles. The number of aromatic hydroxyl groups is 1. The van der Waals surface area contributed by atoms with E-state index in [0.717, 1.165) is 18.4 Å². The van der Waals surface area contributed by atoms with E-state index >= 15 is 0 Å². The molecule has 16 heavy (non-hydrogen) atoms. The van der Waals surface area contributed by atoms with Crippen LogP contribution in [0.5, 0.6) is 5.75 Å². The molecule has 0 saturated heterocycles. The zero-order chi connectivity index (χ0) is 12.0. The normalized spacial score (nSPS) is 12.1. The van der Waals surface area contributed by atoms with Crippen LogP contribution in [0.2, 0.25) is 0 Å². The third-order valence-corrected chi connectivity index (χ3v) is 2.40. The van der Waals surface area contributed by atoms with Gasteiger partial charge in [-0.2, -0.15) is 0 Å². The maximum Gasteiger partial charge on any atom is 0.305 e. The van der Waals surface area contributed by atoms with Crippen LogP contribution < -0.4 is 0 Å². The molecule has 0 aromatic heterocycles. The summed E-state index contributed by atoms with van der Waals surface area (Å²) in [7, 11) is 0. The predicted molar refractivity (Wildman–Crippen MR) is 62.3 cm³/mol. The lowest BCUT2D eigenvalue weighted by Gasteiger charge is -2.12. The van der Waals surface area contributed by atoms with Crippen molar-refractivity contribution in [2.45, 2.75) is 39.2 Å². The van der Waals surface area contributed by atoms with Gasteiger partial charge in [0.15, 0.2) is 0 Å². The van der Waals surface area contributed by atoms with E-state index in [1.54, 1.807) is 19.1 Å². The minimum atomic E-state index is -0.154. The molecule has 1 rings (SSSR count). The van der Waals surface area contributed by atoms with Crippen molar-refractivity contribution in [3.63, 3.8) is 0 Å². The Labute approximate surface area is 96.1 Å². The molecule has 1 unspecified atom stereocenters. The number of ether oxygens (including phenoxy) is 1. The number of carbonyl (C=O) groups is 1. The molecule has 3 nitrogen and oxygen atoms in total. The zero-order valence-electron chi connectivity index (χ0n) is 9.77. The quantitative estimate of drug-likeness (QED) is 0.779. The van der Waals surface area contributed by atoms with E-state index in [-0.39, 0.29) is 17.8 Å². The van der Waals surface area contributed by atoms with Gasteiger partial charge in [0.05, 0.1) is 6.10 Å². The summed E-state index contributed by atoms with van der Waals surface area (Å²) < 4.78 is 5.16. The number of rotatable bonds is 5. The summed E-state index contributed by atoms with van der Waals surface area (Å²) in [6.07, 6.45) is 2.01. The largest absolute Gasteiger partial charge is 0.508 e. The van der Waals surface area contributed by atoms with Gasteiger partial charge >= 0.3 is 5.97 Å². The number of carbonyl (C=O) groups excluding carboxylic acids is 1. The Morgan fingerprint density at radius 1 is 1.38 bits per heavy atom. The summed E-state index contributed by atoms with van der Waals surface area (Å²) in [5, 5.41) is 9.12. The molecule has 88 valence electrons. The Morgan fingerprint density at radius 2 is 2.00 bits per heavy atom. The van der Waals surface area contributed by atoms with E-state index in [4.69, 9.17) is 9.84 Å². The van der Waals surface area contributed by atoms with Crippen LogP contribution in [0.3, 0.4) is 0 Å². The molecule has 0 spiro atoms. The molecular weight excluding hydrogens is 204 g/mol. The second kappa shape index (κ2) is 6.16. The van der Waals surface area contributed by atoms with E-state index in [0.29, 0.717) is 6.42 Å². The van der Waals surface area contributed by atoms with E-state index in [1.165, 1.54) is 0 Å². The maximum atomic E-state index is 11.0. The van der Waals surface area contributed by atoms with Crippen LogP contribution >= 0.6 is 0 Å². The van der Waals surface area contributed by atoms with Crippen LogP contribution in [0, 0.1) is 0 Å². The van der Waals surface area contributed by atoms with E-state index in [1.807, 2.05) is 19.1 Å². The number of phenolic OH excluding ortho intramolecular Hbond substituents is 1. The smallest absolute Gasteiger partial charge is 0.305 e. The first-order valence-electron chi connectivity index (χ1n) is 5.59. The molecule has 1 aromatic rings. The van der Waals surface area contributed by atoms with Gasteiger partial charge in [-0.15, -0.1) is 0 Å². The highest BCUT2D eigenvalue weighted by Crippen LogP contribution is 2.12. The number of hydrogen-bond acceptors (Lipinski definition) is 3. The van der Waals surface area contributed by atoms with E-state index < -0.39 is 0 Å². The van der Waals surface area contributed by atoms with Crippen LogP contribution in [-0.4, -0.2) is 17.2 Å². The summed E-state index contributed by atoms with van der Waals surface area (Å²) in [6, 6.07) is 7.09. The highest BCUT2D eigenvalue weighted by molar-refractivity contribution is 5.69. The Balaban J connectivity index is 2.34. The van der Waals surface area contributed by atoms with Crippen molar-refractivity contribution < 1.29 is 14.6 Å². The van der Waals surface area contributed by atoms with Gasteiger partial charge in [0, 0.05) is 6.42 Å². The minimum Gasteiger partial charge on any atom is -0.508 e. The highest BCUT2D eigenvalue weighted by atomic mass is 16.5. The van der Waals surface area contributed by atoms with Crippen molar-refractivity contribution in [1.82, 2.24) is 0 Å². The molecule has 0 heterocycles.